The Kier molecular flexibility index (Phi) is 7.56. The van der Waals surface area contributed by atoms with Gasteiger partial charge in [0, 0.05) is 15.1 Å². The first-order valence-corrected chi connectivity index (χ1v) is 7.78. The first-order valence-electron chi connectivity index (χ1n) is 6.20. The molecule has 2 aromatic rings. The molecule has 2 rings (SSSR count). The van der Waals surface area contributed by atoms with Crippen molar-refractivity contribution >= 4 is 31.9 Å². The number of rotatable bonds is 3. The van der Waals surface area contributed by atoms with Gasteiger partial charge in [-0.05, 0) is 63.0 Å². The van der Waals surface area contributed by atoms with Gasteiger partial charge in [-0.15, -0.1) is 0 Å². The predicted molar refractivity (Wildman–Crippen MR) is 84.5 cm³/mol. The van der Waals surface area contributed by atoms with E-state index in [1.165, 1.54) is 24.4 Å². The average Bonchev–Trinajstić information content (AvgIpc) is 2.50. The van der Waals surface area contributed by atoms with Gasteiger partial charge in [-0.2, -0.15) is 8.78 Å². The van der Waals surface area contributed by atoms with Crippen molar-refractivity contribution in [2.75, 3.05) is 6.61 Å². The fraction of sp³-hybridized carbons (Fsp3) is 0.286. The lowest BCUT2D eigenvalue weighted by molar-refractivity contribution is -0.0593. The number of halogens is 6. The summed E-state index contributed by atoms with van der Waals surface area (Å²) < 4.78 is 50.6. The lowest BCUT2D eigenvalue weighted by atomic mass is 10.2. The standard InChI is InChI=1S/C8H8BrF2NO.C6H4BrF2N/c1-5-6(9)2-3-7(12-5)8(10,11)4-13;7-4-2-1-3-10-5(4)6(8)9/h2-3,13H,4H2,1H3;1-3,6H. The smallest absolute Gasteiger partial charge is 0.312 e. The van der Waals surface area contributed by atoms with Gasteiger partial charge in [0.15, 0.2) is 0 Å². The number of pyridine rings is 2. The summed E-state index contributed by atoms with van der Waals surface area (Å²) in [5.74, 6) is -3.26. The van der Waals surface area contributed by atoms with Crippen molar-refractivity contribution in [3.05, 3.63) is 56.5 Å². The molecule has 0 aromatic carbocycles. The average molecular weight is 460 g/mol. The van der Waals surface area contributed by atoms with Crippen molar-refractivity contribution in [1.29, 1.82) is 0 Å². The third-order valence-electron chi connectivity index (χ3n) is 2.59. The summed E-state index contributed by atoms with van der Waals surface area (Å²) >= 11 is 6.10. The molecule has 0 aliphatic carbocycles. The second-order valence-corrected chi connectivity index (χ2v) is 6.01. The van der Waals surface area contributed by atoms with Crippen LogP contribution >= 0.6 is 31.9 Å². The molecular formula is C14H12Br2F4N2O. The Hall–Kier alpha value is -1.06. The van der Waals surface area contributed by atoms with Crippen LogP contribution in [0.3, 0.4) is 0 Å². The molecule has 0 spiro atoms. The van der Waals surface area contributed by atoms with E-state index in [2.05, 4.69) is 41.8 Å². The molecule has 0 aliphatic rings. The summed E-state index contributed by atoms with van der Waals surface area (Å²) in [6.45, 7) is 0.391. The molecule has 2 heterocycles. The van der Waals surface area contributed by atoms with Crippen LogP contribution in [0, 0.1) is 6.92 Å². The molecule has 2 aromatic heterocycles. The van der Waals surface area contributed by atoms with Crippen molar-refractivity contribution < 1.29 is 22.7 Å². The van der Waals surface area contributed by atoms with Crippen LogP contribution in [-0.2, 0) is 5.92 Å². The quantitative estimate of drug-likeness (QED) is 0.655. The fourth-order valence-corrected chi connectivity index (χ4v) is 2.04. The van der Waals surface area contributed by atoms with E-state index in [1.807, 2.05) is 0 Å². The maximum Gasteiger partial charge on any atom is 0.312 e. The Labute approximate surface area is 147 Å². The molecule has 126 valence electrons. The number of aromatic nitrogens is 2. The largest absolute Gasteiger partial charge is 0.390 e. The molecule has 9 heteroatoms. The third kappa shape index (κ3) is 5.82. The number of hydrogen-bond donors (Lipinski definition) is 1. The first kappa shape index (κ1) is 20.0. The normalized spacial score (nSPS) is 11.2. The molecule has 1 N–H and O–H groups in total. The van der Waals surface area contributed by atoms with E-state index in [0.717, 1.165) is 0 Å². The molecule has 0 amide bonds. The Balaban J connectivity index is 0.000000238. The summed E-state index contributed by atoms with van der Waals surface area (Å²) in [7, 11) is 0. The lowest BCUT2D eigenvalue weighted by Gasteiger charge is -2.12. The number of nitrogens with zero attached hydrogens (tertiary/aromatic N) is 2. The van der Waals surface area contributed by atoms with Crippen LogP contribution in [0.5, 0.6) is 0 Å². The molecular weight excluding hydrogens is 448 g/mol. The molecule has 3 nitrogen and oxygen atoms in total. The van der Waals surface area contributed by atoms with E-state index in [0.29, 0.717) is 14.6 Å². The van der Waals surface area contributed by atoms with E-state index in [1.54, 1.807) is 13.0 Å². The van der Waals surface area contributed by atoms with Gasteiger partial charge < -0.3 is 5.11 Å². The highest BCUT2D eigenvalue weighted by Crippen LogP contribution is 2.27. The monoisotopic (exact) mass is 458 g/mol. The number of alkyl halides is 4. The molecule has 0 atom stereocenters. The third-order valence-corrected chi connectivity index (χ3v) is 4.10. The Morgan fingerprint density at radius 2 is 1.83 bits per heavy atom. The minimum atomic E-state index is -3.26. The molecule has 0 bridgehead atoms. The van der Waals surface area contributed by atoms with Gasteiger partial charge in [-0.1, -0.05) is 0 Å². The number of aliphatic hydroxyl groups is 1. The second-order valence-electron chi connectivity index (χ2n) is 4.30. The van der Waals surface area contributed by atoms with Crippen LogP contribution in [0.2, 0.25) is 0 Å². The molecule has 0 unspecified atom stereocenters. The number of aliphatic hydroxyl groups excluding tert-OH is 1. The second kappa shape index (κ2) is 8.70. The van der Waals surface area contributed by atoms with Crippen LogP contribution in [-0.4, -0.2) is 21.7 Å². The van der Waals surface area contributed by atoms with E-state index in [-0.39, 0.29) is 5.69 Å². The topological polar surface area (TPSA) is 46.0 Å². The minimum absolute atomic E-state index is 0.206. The van der Waals surface area contributed by atoms with Crippen LogP contribution in [0.15, 0.2) is 39.4 Å². The predicted octanol–water partition coefficient (Wildman–Crippen LogP) is 5.02. The summed E-state index contributed by atoms with van der Waals surface area (Å²) in [5, 5.41) is 8.41. The maximum atomic E-state index is 12.9. The van der Waals surface area contributed by atoms with E-state index in [9.17, 15) is 17.6 Å². The SMILES string of the molecule is Cc1nc(C(F)(F)CO)ccc1Br.FC(F)c1ncccc1Br. The van der Waals surface area contributed by atoms with Crippen molar-refractivity contribution in [1.82, 2.24) is 9.97 Å². The molecule has 0 saturated carbocycles. The summed E-state index contributed by atoms with van der Waals surface area (Å²) in [6, 6.07) is 5.80. The van der Waals surface area contributed by atoms with Crippen molar-refractivity contribution in [2.45, 2.75) is 19.3 Å². The summed E-state index contributed by atoms with van der Waals surface area (Å²) in [5.41, 5.74) is -0.135. The van der Waals surface area contributed by atoms with E-state index < -0.39 is 24.6 Å². The fourth-order valence-electron chi connectivity index (χ4n) is 1.39. The highest BCUT2D eigenvalue weighted by molar-refractivity contribution is 9.10. The van der Waals surface area contributed by atoms with Gasteiger partial charge in [0.2, 0.25) is 0 Å². The summed E-state index contributed by atoms with van der Waals surface area (Å²) in [6.07, 6.45) is -1.16. The molecule has 0 fully saturated rings. The van der Waals surface area contributed by atoms with E-state index >= 15 is 0 Å². The van der Waals surface area contributed by atoms with Gasteiger partial charge >= 0.3 is 5.92 Å². The van der Waals surface area contributed by atoms with E-state index in [4.69, 9.17) is 5.11 Å². The van der Waals surface area contributed by atoms with Gasteiger partial charge in [-0.3, -0.25) is 9.97 Å². The molecule has 0 aliphatic heterocycles. The molecule has 23 heavy (non-hydrogen) atoms. The van der Waals surface area contributed by atoms with Crippen molar-refractivity contribution in [3.63, 3.8) is 0 Å². The Bertz CT molecular complexity index is 656. The van der Waals surface area contributed by atoms with Crippen LogP contribution in [0.4, 0.5) is 17.6 Å². The van der Waals surface area contributed by atoms with Crippen LogP contribution < -0.4 is 0 Å². The number of aryl methyl sites for hydroxylation is 1. The zero-order valence-corrected chi connectivity index (χ0v) is 15.0. The van der Waals surface area contributed by atoms with Gasteiger partial charge in [-0.25, -0.2) is 8.78 Å². The zero-order valence-electron chi connectivity index (χ0n) is 11.8. The maximum absolute atomic E-state index is 12.9. The summed E-state index contributed by atoms with van der Waals surface area (Å²) in [4.78, 5) is 7.14. The highest BCUT2D eigenvalue weighted by atomic mass is 79.9. The first-order chi connectivity index (χ1) is 10.7. The Morgan fingerprint density at radius 1 is 1.17 bits per heavy atom. The van der Waals surface area contributed by atoms with Crippen LogP contribution in [0.1, 0.15) is 23.5 Å². The van der Waals surface area contributed by atoms with Crippen LogP contribution in [0.25, 0.3) is 0 Å². The van der Waals surface area contributed by atoms with Gasteiger partial charge in [0.1, 0.15) is 18.0 Å². The molecule has 0 saturated heterocycles. The lowest BCUT2D eigenvalue weighted by Crippen LogP contribution is -2.20. The highest BCUT2D eigenvalue weighted by Gasteiger charge is 2.32. The Morgan fingerprint density at radius 3 is 2.26 bits per heavy atom. The zero-order chi connectivity index (χ0) is 17.6. The van der Waals surface area contributed by atoms with Crippen molar-refractivity contribution in [3.8, 4) is 0 Å². The van der Waals surface area contributed by atoms with Gasteiger partial charge in [0.25, 0.3) is 6.43 Å². The number of hydrogen-bond acceptors (Lipinski definition) is 3. The van der Waals surface area contributed by atoms with Gasteiger partial charge in [0.05, 0.1) is 5.69 Å². The van der Waals surface area contributed by atoms with Crippen molar-refractivity contribution in [2.24, 2.45) is 0 Å². The molecule has 0 radical (unpaired) electrons. The minimum Gasteiger partial charge on any atom is -0.390 e.